The first-order chi connectivity index (χ1) is 6.37. The van der Waals surface area contributed by atoms with E-state index in [2.05, 4.69) is 6.58 Å². The molecular formula is C9H6Cl2F2O. The average Bonchev–Trinajstić information content (AvgIpc) is 2.11. The molecule has 0 aliphatic carbocycles. The molecule has 0 saturated carbocycles. The van der Waals surface area contributed by atoms with Crippen molar-refractivity contribution in [1.29, 1.82) is 0 Å². The van der Waals surface area contributed by atoms with Gasteiger partial charge in [0.25, 0.3) is 0 Å². The molecular weight excluding hydrogens is 233 g/mol. The van der Waals surface area contributed by atoms with E-state index >= 15 is 0 Å². The van der Waals surface area contributed by atoms with Crippen LogP contribution in [0.15, 0.2) is 6.58 Å². The van der Waals surface area contributed by atoms with Crippen LogP contribution in [0.5, 0.6) is 5.75 Å². The molecule has 0 aliphatic heterocycles. The highest BCUT2D eigenvalue weighted by atomic mass is 35.5. The van der Waals surface area contributed by atoms with Crippen LogP contribution in [0.4, 0.5) is 8.78 Å². The fourth-order valence-corrected chi connectivity index (χ4v) is 1.36. The van der Waals surface area contributed by atoms with Gasteiger partial charge in [-0.2, -0.15) is 0 Å². The third kappa shape index (κ3) is 1.57. The van der Waals surface area contributed by atoms with Crippen molar-refractivity contribution in [3.63, 3.8) is 0 Å². The molecule has 1 rings (SSSR count). The largest absolute Gasteiger partial charge is 0.506 e. The molecule has 0 amide bonds. The normalized spacial score (nSPS) is 10.4. The molecule has 0 aromatic heterocycles. The highest BCUT2D eigenvalue weighted by Crippen LogP contribution is 2.40. The Labute approximate surface area is 89.6 Å². The lowest BCUT2D eigenvalue weighted by Gasteiger charge is -2.09. The van der Waals surface area contributed by atoms with Gasteiger partial charge in [-0.25, -0.2) is 8.78 Å². The molecule has 1 nitrogen and oxygen atoms in total. The van der Waals surface area contributed by atoms with E-state index < -0.39 is 27.4 Å². The van der Waals surface area contributed by atoms with Gasteiger partial charge >= 0.3 is 0 Å². The van der Waals surface area contributed by atoms with Gasteiger partial charge in [-0.3, -0.25) is 0 Å². The van der Waals surface area contributed by atoms with Gasteiger partial charge in [0.05, 0.1) is 5.56 Å². The lowest BCUT2D eigenvalue weighted by Crippen LogP contribution is -1.95. The Kier molecular flexibility index (Phi) is 3.02. The summed E-state index contributed by atoms with van der Waals surface area (Å²) in [6.45, 7) is 4.81. The predicted octanol–water partition coefficient (Wildman–Crippen LogP) is 4.01. The van der Waals surface area contributed by atoms with E-state index in [1.54, 1.807) is 0 Å². The smallest absolute Gasteiger partial charge is 0.179 e. The van der Waals surface area contributed by atoms with Crippen LogP contribution >= 0.6 is 23.2 Å². The fraction of sp³-hybridized carbons (Fsp3) is 0.111. The molecule has 1 aromatic carbocycles. The van der Waals surface area contributed by atoms with Gasteiger partial charge in [-0.1, -0.05) is 29.8 Å². The highest BCUT2D eigenvalue weighted by molar-refractivity contribution is 6.43. The topological polar surface area (TPSA) is 20.2 Å². The molecule has 0 radical (unpaired) electrons. The van der Waals surface area contributed by atoms with Crippen molar-refractivity contribution >= 4 is 28.8 Å². The van der Waals surface area contributed by atoms with Gasteiger partial charge in [-0.05, 0) is 12.5 Å². The second-order valence-electron chi connectivity index (χ2n) is 2.76. The van der Waals surface area contributed by atoms with Crippen molar-refractivity contribution in [3.05, 3.63) is 33.8 Å². The van der Waals surface area contributed by atoms with E-state index in [-0.39, 0.29) is 11.1 Å². The van der Waals surface area contributed by atoms with E-state index in [0.29, 0.717) is 0 Å². The third-order valence-corrected chi connectivity index (χ3v) is 2.49. The van der Waals surface area contributed by atoms with E-state index in [4.69, 9.17) is 23.2 Å². The summed E-state index contributed by atoms with van der Waals surface area (Å²) in [6, 6.07) is 0. The zero-order valence-electron chi connectivity index (χ0n) is 7.17. The number of hydrogen-bond donors (Lipinski definition) is 1. The number of phenols is 1. The molecule has 0 spiro atoms. The van der Waals surface area contributed by atoms with Crippen molar-refractivity contribution in [2.75, 3.05) is 0 Å². The van der Waals surface area contributed by atoms with Crippen LogP contribution in [0.25, 0.3) is 5.57 Å². The lowest BCUT2D eigenvalue weighted by atomic mass is 10.1. The Morgan fingerprint density at radius 3 is 2.14 bits per heavy atom. The molecule has 0 heterocycles. The summed E-state index contributed by atoms with van der Waals surface area (Å²) in [5.74, 6) is -3.13. The summed E-state index contributed by atoms with van der Waals surface area (Å²) in [6.07, 6.45) is 0. The summed E-state index contributed by atoms with van der Waals surface area (Å²) in [5.41, 5.74) is -0.186. The summed E-state index contributed by atoms with van der Waals surface area (Å²) in [5, 5.41) is 8.32. The zero-order valence-corrected chi connectivity index (χ0v) is 8.68. The van der Waals surface area contributed by atoms with Gasteiger partial charge < -0.3 is 5.11 Å². The number of phenolic OH excluding ortho intramolecular Hbond substituents is 1. The van der Waals surface area contributed by atoms with Gasteiger partial charge in [0.2, 0.25) is 0 Å². The fourth-order valence-electron chi connectivity index (χ4n) is 1.01. The minimum absolute atomic E-state index is 0.164. The van der Waals surface area contributed by atoms with Crippen molar-refractivity contribution in [2.45, 2.75) is 6.92 Å². The quantitative estimate of drug-likeness (QED) is 0.579. The maximum Gasteiger partial charge on any atom is 0.179 e. The summed E-state index contributed by atoms with van der Waals surface area (Å²) in [4.78, 5) is 0. The molecule has 0 fully saturated rings. The standard InChI is InChI=1S/C9H6Cl2F2O/c1-3(2)4-7(12)8(13)5(10)6(11)9(4)14/h14H,1H2,2H3. The SMILES string of the molecule is C=C(C)c1c(O)c(Cl)c(Cl)c(F)c1F. The van der Waals surface area contributed by atoms with Crippen molar-refractivity contribution < 1.29 is 13.9 Å². The van der Waals surface area contributed by atoms with Crippen molar-refractivity contribution in [3.8, 4) is 5.75 Å². The molecule has 0 saturated heterocycles. The first-order valence-electron chi connectivity index (χ1n) is 3.58. The predicted molar refractivity (Wildman–Crippen MR) is 52.8 cm³/mol. The Bertz CT molecular complexity index is 387. The molecule has 5 heteroatoms. The average molecular weight is 239 g/mol. The highest BCUT2D eigenvalue weighted by Gasteiger charge is 2.22. The molecule has 0 atom stereocenters. The van der Waals surface area contributed by atoms with Gasteiger partial charge in [-0.15, -0.1) is 0 Å². The minimum Gasteiger partial charge on any atom is -0.506 e. The number of benzene rings is 1. The van der Waals surface area contributed by atoms with Crippen molar-refractivity contribution in [1.82, 2.24) is 0 Å². The van der Waals surface area contributed by atoms with E-state index in [1.807, 2.05) is 0 Å². The van der Waals surface area contributed by atoms with Crippen molar-refractivity contribution in [2.24, 2.45) is 0 Å². The number of allylic oxidation sites excluding steroid dienone is 1. The number of rotatable bonds is 1. The van der Waals surface area contributed by atoms with Crippen LogP contribution in [-0.2, 0) is 0 Å². The van der Waals surface area contributed by atoms with Gasteiger partial charge in [0.15, 0.2) is 11.6 Å². The third-order valence-electron chi connectivity index (χ3n) is 1.67. The number of halogens is 4. The van der Waals surface area contributed by atoms with Gasteiger partial charge in [0, 0.05) is 0 Å². The van der Waals surface area contributed by atoms with Crippen LogP contribution < -0.4 is 0 Å². The first kappa shape index (κ1) is 11.3. The molecule has 1 N–H and O–H groups in total. The van der Waals surface area contributed by atoms with Crippen LogP contribution in [0.3, 0.4) is 0 Å². The Balaban J connectivity index is 3.68. The van der Waals surface area contributed by atoms with Gasteiger partial charge in [0.1, 0.15) is 15.8 Å². The monoisotopic (exact) mass is 238 g/mol. The van der Waals surface area contributed by atoms with Crippen LogP contribution in [0, 0.1) is 11.6 Å². The maximum atomic E-state index is 13.2. The minimum atomic E-state index is -1.28. The number of aromatic hydroxyl groups is 1. The zero-order chi connectivity index (χ0) is 11.0. The number of hydrogen-bond acceptors (Lipinski definition) is 1. The van der Waals surface area contributed by atoms with Crippen LogP contribution in [0.2, 0.25) is 10.0 Å². The Morgan fingerprint density at radius 1 is 1.21 bits per heavy atom. The summed E-state index contributed by atoms with van der Waals surface area (Å²) >= 11 is 10.8. The van der Waals surface area contributed by atoms with Crippen LogP contribution in [0.1, 0.15) is 12.5 Å². The molecule has 76 valence electrons. The van der Waals surface area contributed by atoms with E-state index in [1.165, 1.54) is 6.92 Å². The summed E-state index contributed by atoms with van der Waals surface area (Å²) < 4.78 is 26.3. The second kappa shape index (κ2) is 3.75. The first-order valence-corrected chi connectivity index (χ1v) is 4.34. The summed E-state index contributed by atoms with van der Waals surface area (Å²) in [7, 11) is 0. The van der Waals surface area contributed by atoms with Crippen LogP contribution in [-0.4, -0.2) is 5.11 Å². The molecule has 14 heavy (non-hydrogen) atoms. The molecule has 0 aliphatic rings. The Hall–Kier alpha value is -0.800. The lowest BCUT2D eigenvalue weighted by molar-refractivity contribution is 0.452. The maximum absolute atomic E-state index is 13.2. The Morgan fingerprint density at radius 2 is 1.71 bits per heavy atom. The van der Waals surface area contributed by atoms with E-state index in [9.17, 15) is 13.9 Å². The molecule has 1 aromatic rings. The molecule has 0 unspecified atom stereocenters. The van der Waals surface area contributed by atoms with E-state index in [0.717, 1.165) is 0 Å². The molecule has 0 bridgehead atoms. The second-order valence-corrected chi connectivity index (χ2v) is 3.52.